The van der Waals surface area contributed by atoms with E-state index in [0.29, 0.717) is 0 Å². The van der Waals surface area contributed by atoms with Crippen molar-refractivity contribution in [1.29, 1.82) is 0 Å². The van der Waals surface area contributed by atoms with Crippen molar-refractivity contribution in [2.45, 2.75) is 44.9 Å². The number of hydrogen-bond donors (Lipinski definition) is 3. The van der Waals surface area contributed by atoms with Gasteiger partial charge in [0.15, 0.2) is 0 Å². The van der Waals surface area contributed by atoms with Crippen LogP contribution in [0.2, 0.25) is 0 Å². The maximum absolute atomic E-state index is 11.8. The zero-order chi connectivity index (χ0) is 13.2. The molecule has 1 aliphatic heterocycles. The van der Waals surface area contributed by atoms with E-state index < -0.39 is 5.97 Å². The Morgan fingerprint density at radius 3 is 2.44 bits per heavy atom. The monoisotopic (exact) mass is 256 g/mol. The van der Waals surface area contributed by atoms with E-state index in [4.69, 9.17) is 5.11 Å². The summed E-state index contributed by atoms with van der Waals surface area (Å²) in [6, 6.07) is 0. The Morgan fingerprint density at radius 1 is 1.11 bits per heavy atom. The van der Waals surface area contributed by atoms with Crippen molar-refractivity contribution >= 4 is 11.9 Å². The Bertz CT molecular complexity index is 263. The van der Waals surface area contributed by atoms with Crippen LogP contribution in [0.25, 0.3) is 0 Å². The van der Waals surface area contributed by atoms with Crippen molar-refractivity contribution in [3.8, 4) is 0 Å². The Labute approximate surface area is 108 Å². The van der Waals surface area contributed by atoms with Crippen molar-refractivity contribution in [2.24, 2.45) is 5.92 Å². The number of amides is 1. The minimum absolute atomic E-state index is 0.179. The molecule has 0 aromatic rings. The minimum atomic E-state index is -0.728. The lowest BCUT2D eigenvalue weighted by atomic mass is 9.97. The number of aliphatic carboxylic acids is 1. The molecule has 1 heterocycles. The number of carboxylic acids is 1. The standard InChI is InChI=1S/C13H24N2O3/c16-12(17)5-3-1-2-4-8-15-13(18)11-6-9-14-10-7-11/h11,14H,1-10H2,(H,15,18)(H,16,17). The number of carbonyl (C=O) groups is 2. The predicted octanol–water partition coefficient (Wildman–Crippen LogP) is 1.14. The van der Waals surface area contributed by atoms with Gasteiger partial charge in [-0.3, -0.25) is 9.59 Å². The maximum Gasteiger partial charge on any atom is 0.303 e. The second-order valence-corrected chi connectivity index (χ2v) is 4.87. The van der Waals surface area contributed by atoms with Crippen molar-refractivity contribution in [3.63, 3.8) is 0 Å². The van der Waals surface area contributed by atoms with Gasteiger partial charge in [0, 0.05) is 18.9 Å². The molecule has 1 aliphatic rings. The highest BCUT2D eigenvalue weighted by Gasteiger charge is 2.19. The Kier molecular flexibility index (Phi) is 7.41. The maximum atomic E-state index is 11.8. The molecule has 5 nitrogen and oxygen atoms in total. The smallest absolute Gasteiger partial charge is 0.303 e. The first kappa shape index (κ1) is 15.0. The highest BCUT2D eigenvalue weighted by molar-refractivity contribution is 5.78. The van der Waals surface area contributed by atoms with Crippen molar-refractivity contribution in [2.75, 3.05) is 19.6 Å². The molecule has 0 spiro atoms. The molecule has 0 atom stereocenters. The topological polar surface area (TPSA) is 78.4 Å². The predicted molar refractivity (Wildman–Crippen MR) is 69.3 cm³/mol. The van der Waals surface area contributed by atoms with Gasteiger partial charge in [-0.15, -0.1) is 0 Å². The van der Waals surface area contributed by atoms with Gasteiger partial charge in [-0.1, -0.05) is 12.8 Å². The number of piperidine rings is 1. The van der Waals surface area contributed by atoms with Gasteiger partial charge in [0.2, 0.25) is 5.91 Å². The summed E-state index contributed by atoms with van der Waals surface area (Å²) >= 11 is 0. The van der Waals surface area contributed by atoms with Crippen LogP contribution in [0.4, 0.5) is 0 Å². The molecule has 0 aromatic heterocycles. The third kappa shape index (κ3) is 6.59. The van der Waals surface area contributed by atoms with Crippen LogP contribution in [0.1, 0.15) is 44.9 Å². The van der Waals surface area contributed by atoms with Gasteiger partial charge >= 0.3 is 5.97 Å². The zero-order valence-electron chi connectivity index (χ0n) is 10.9. The van der Waals surface area contributed by atoms with E-state index in [0.717, 1.165) is 58.2 Å². The highest BCUT2D eigenvalue weighted by Crippen LogP contribution is 2.11. The van der Waals surface area contributed by atoms with Gasteiger partial charge in [0.1, 0.15) is 0 Å². The summed E-state index contributed by atoms with van der Waals surface area (Å²) in [7, 11) is 0. The molecular formula is C13H24N2O3. The fraction of sp³-hybridized carbons (Fsp3) is 0.846. The number of hydrogen-bond acceptors (Lipinski definition) is 3. The Hall–Kier alpha value is -1.10. The molecule has 0 bridgehead atoms. The Morgan fingerprint density at radius 2 is 1.78 bits per heavy atom. The third-order valence-corrected chi connectivity index (χ3v) is 3.33. The quantitative estimate of drug-likeness (QED) is 0.569. The van der Waals surface area contributed by atoms with E-state index in [-0.39, 0.29) is 18.2 Å². The van der Waals surface area contributed by atoms with E-state index in [1.54, 1.807) is 0 Å². The fourth-order valence-electron chi connectivity index (χ4n) is 2.19. The molecule has 1 saturated heterocycles. The second-order valence-electron chi connectivity index (χ2n) is 4.87. The van der Waals surface area contributed by atoms with E-state index in [9.17, 15) is 9.59 Å². The first-order chi connectivity index (χ1) is 8.70. The van der Waals surface area contributed by atoms with Crippen molar-refractivity contribution in [1.82, 2.24) is 10.6 Å². The SMILES string of the molecule is O=C(O)CCCCCCNC(=O)C1CCNCC1. The van der Waals surface area contributed by atoms with E-state index >= 15 is 0 Å². The van der Waals surface area contributed by atoms with Crippen LogP contribution in [0.3, 0.4) is 0 Å². The number of unbranched alkanes of at least 4 members (excludes halogenated alkanes) is 3. The summed E-state index contributed by atoms with van der Waals surface area (Å²) in [5.74, 6) is -0.366. The summed E-state index contributed by atoms with van der Waals surface area (Å²) in [6.45, 7) is 2.59. The number of carbonyl (C=O) groups excluding carboxylic acids is 1. The molecule has 0 radical (unpaired) electrons. The highest BCUT2D eigenvalue weighted by atomic mass is 16.4. The van der Waals surface area contributed by atoms with Crippen LogP contribution >= 0.6 is 0 Å². The number of nitrogens with one attached hydrogen (secondary N) is 2. The molecule has 1 fully saturated rings. The van der Waals surface area contributed by atoms with E-state index in [1.807, 2.05) is 0 Å². The van der Waals surface area contributed by atoms with Gasteiger partial charge in [-0.2, -0.15) is 0 Å². The molecule has 104 valence electrons. The minimum Gasteiger partial charge on any atom is -0.481 e. The van der Waals surface area contributed by atoms with E-state index in [2.05, 4.69) is 10.6 Å². The zero-order valence-corrected chi connectivity index (χ0v) is 10.9. The van der Waals surface area contributed by atoms with Crippen molar-refractivity contribution < 1.29 is 14.7 Å². The first-order valence-corrected chi connectivity index (χ1v) is 6.90. The molecule has 18 heavy (non-hydrogen) atoms. The molecule has 3 N–H and O–H groups in total. The van der Waals surface area contributed by atoms with Crippen molar-refractivity contribution in [3.05, 3.63) is 0 Å². The number of carboxylic acid groups (broad SMARTS) is 1. The van der Waals surface area contributed by atoms with Crippen LogP contribution in [-0.4, -0.2) is 36.6 Å². The van der Waals surface area contributed by atoms with Gasteiger partial charge < -0.3 is 15.7 Å². The van der Waals surface area contributed by atoms with E-state index in [1.165, 1.54) is 0 Å². The molecule has 1 rings (SSSR count). The van der Waals surface area contributed by atoms with Crippen LogP contribution < -0.4 is 10.6 Å². The van der Waals surface area contributed by atoms with Crippen LogP contribution in [0.15, 0.2) is 0 Å². The average molecular weight is 256 g/mol. The molecule has 5 heteroatoms. The lowest BCUT2D eigenvalue weighted by Gasteiger charge is -2.21. The first-order valence-electron chi connectivity index (χ1n) is 6.90. The van der Waals surface area contributed by atoms with Gasteiger partial charge in [0.25, 0.3) is 0 Å². The lowest BCUT2D eigenvalue weighted by molar-refractivity contribution is -0.137. The van der Waals surface area contributed by atoms with Gasteiger partial charge in [0.05, 0.1) is 0 Å². The summed E-state index contributed by atoms with van der Waals surface area (Å²) in [5, 5.41) is 14.7. The van der Waals surface area contributed by atoms with Gasteiger partial charge in [-0.25, -0.2) is 0 Å². The summed E-state index contributed by atoms with van der Waals surface area (Å²) in [4.78, 5) is 22.1. The summed E-state index contributed by atoms with van der Waals surface area (Å²) < 4.78 is 0. The van der Waals surface area contributed by atoms with Crippen LogP contribution in [-0.2, 0) is 9.59 Å². The fourth-order valence-corrected chi connectivity index (χ4v) is 2.19. The normalized spacial score (nSPS) is 16.4. The van der Waals surface area contributed by atoms with Crippen LogP contribution in [0, 0.1) is 5.92 Å². The average Bonchev–Trinajstić information content (AvgIpc) is 2.38. The molecule has 0 unspecified atom stereocenters. The Balaban J connectivity index is 1.93. The molecule has 0 aliphatic carbocycles. The molecule has 0 aromatic carbocycles. The second kappa shape index (κ2) is 8.91. The molecular weight excluding hydrogens is 232 g/mol. The third-order valence-electron chi connectivity index (χ3n) is 3.33. The molecule has 1 amide bonds. The molecule has 0 saturated carbocycles. The summed E-state index contributed by atoms with van der Waals surface area (Å²) in [6.07, 6.45) is 5.71. The summed E-state index contributed by atoms with van der Waals surface area (Å²) in [5.41, 5.74) is 0. The van der Waals surface area contributed by atoms with Gasteiger partial charge in [-0.05, 0) is 38.8 Å². The largest absolute Gasteiger partial charge is 0.481 e. The number of rotatable bonds is 8. The van der Waals surface area contributed by atoms with Crippen LogP contribution in [0.5, 0.6) is 0 Å². The lowest BCUT2D eigenvalue weighted by Crippen LogP contribution is -2.38.